The zero-order valence-corrected chi connectivity index (χ0v) is 11.9. The van der Waals surface area contributed by atoms with Crippen molar-refractivity contribution in [2.24, 2.45) is 0 Å². The predicted molar refractivity (Wildman–Crippen MR) is 72.2 cm³/mol. The van der Waals surface area contributed by atoms with E-state index >= 15 is 0 Å². The van der Waals surface area contributed by atoms with Crippen LogP contribution >= 0.6 is 31.9 Å². The lowest BCUT2D eigenvalue weighted by Crippen LogP contribution is -1.91. The molecule has 0 aliphatic rings. The van der Waals surface area contributed by atoms with Crippen molar-refractivity contribution < 1.29 is 0 Å². The highest BCUT2D eigenvalue weighted by Gasteiger charge is 2.03. The summed E-state index contributed by atoms with van der Waals surface area (Å²) in [5, 5.41) is 0. The average molecular weight is 342 g/mol. The van der Waals surface area contributed by atoms with Gasteiger partial charge in [-0.1, -0.05) is 38.8 Å². The minimum absolute atomic E-state index is 0.749. The lowest BCUT2D eigenvalue weighted by atomic mass is 10.2. The minimum Gasteiger partial charge on any atom is -0.236 e. The highest BCUT2D eigenvalue weighted by Crippen LogP contribution is 2.25. The molecule has 16 heavy (non-hydrogen) atoms. The number of hydrogen-bond donors (Lipinski definition) is 0. The SMILES string of the molecule is CCc1cnc(-c2cc(Br)cc(Br)c2)nc1. The summed E-state index contributed by atoms with van der Waals surface area (Å²) < 4.78 is 2.03. The molecule has 0 aliphatic carbocycles. The number of hydrogen-bond acceptors (Lipinski definition) is 2. The van der Waals surface area contributed by atoms with Gasteiger partial charge in [0.2, 0.25) is 0 Å². The Labute approximate surface area is 111 Å². The van der Waals surface area contributed by atoms with Gasteiger partial charge in [-0.25, -0.2) is 9.97 Å². The van der Waals surface area contributed by atoms with Crippen LogP contribution in [-0.2, 0) is 6.42 Å². The van der Waals surface area contributed by atoms with Crippen LogP contribution in [0.3, 0.4) is 0 Å². The number of benzene rings is 1. The molecule has 0 atom stereocenters. The monoisotopic (exact) mass is 340 g/mol. The molecule has 0 amide bonds. The van der Waals surface area contributed by atoms with E-state index in [0.717, 1.165) is 32.3 Å². The van der Waals surface area contributed by atoms with Crippen LogP contribution in [0, 0.1) is 0 Å². The summed E-state index contributed by atoms with van der Waals surface area (Å²) in [6, 6.07) is 6.00. The van der Waals surface area contributed by atoms with Gasteiger partial charge in [0, 0.05) is 26.9 Å². The van der Waals surface area contributed by atoms with Crippen LogP contribution in [0.1, 0.15) is 12.5 Å². The maximum Gasteiger partial charge on any atom is 0.159 e. The Morgan fingerprint density at radius 2 is 1.56 bits per heavy atom. The molecule has 0 N–H and O–H groups in total. The molecule has 0 radical (unpaired) electrons. The first-order chi connectivity index (χ1) is 7.69. The Balaban J connectivity index is 2.42. The summed E-state index contributed by atoms with van der Waals surface area (Å²) in [5.74, 6) is 0.749. The summed E-state index contributed by atoms with van der Waals surface area (Å²) in [6.45, 7) is 2.09. The molecule has 0 bridgehead atoms. The quantitative estimate of drug-likeness (QED) is 0.816. The third kappa shape index (κ3) is 2.68. The number of rotatable bonds is 2. The first-order valence-electron chi connectivity index (χ1n) is 4.96. The molecule has 4 heteroatoms. The first kappa shape index (κ1) is 11.7. The van der Waals surface area contributed by atoms with Crippen molar-refractivity contribution in [1.29, 1.82) is 0 Å². The van der Waals surface area contributed by atoms with Gasteiger partial charge in [-0.15, -0.1) is 0 Å². The van der Waals surface area contributed by atoms with Gasteiger partial charge >= 0.3 is 0 Å². The number of nitrogens with zero attached hydrogens (tertiary/aromatic N) is 2. The molecule has 0 aliphatic heterocycles. The molecule has 0 saturated heterocycles. The highest BCUT2D eigenvalue weighted by atomic mass is 79.9. The molecule has 1 heterocycles. The Morgan fingerprint density at radius 1 is 1.00 bits per heavy atom. The fraction of sp³-hybridized carbons (Fsp3) is 0.167. The van der Waals surface area contributed by atoms with Gasteiger partial charge in [0.25, 0.3) is 0 Å². The predicted octanol–water partition coefficient (Wildman–Crippen LogP) is 4.23. The Morgan fingerprint density at radius 3 is 2.06 bits per heavy atom. The number of halogens is 2. The summed E-state index contributed by atoms with van der Waals surface area (Å²) in [7, 11) is 0. The number of aromatic nitrogens is 2. The van der Waals surface area contributed by atoms with Crippen LogP contribution in [0.4, 0.5) is 0 Å². The topological polar surface area (TPSA) is 25.8 Å². The van der Waals surface area contributed by atoms with Crippen LogP contribution in [0.15, 0.2) is 39.5 Å². The van der Waals surface area contributed by atoms with E-state index < -0.39 is 0 Å². The molecule has 0 spiro atoms. The molecular weight excluding hydrogens is 332 g/mol. The van der Waals surface area contributed by atoms with Crippen LogP contribution < -0.4 is 0 Å². The molecule has 0 saturated carbocycles. The second-order valence-electron chi connectivity index (χ2n) is 3.43. The van der Waals surface area contributed by atoms with E-state index in [2.05, 4.69) is 48.8 Å². The van der Waals surface area contributed by atoms with E-state index in [4.69, 9.17) is 0 Å². The van der Waals surface area contributed by atoms with Crippen molar-refractivity contribution in [3.63, 3.8) is 0 Å². The van der Waals surface area contributed by atoms with E-state index in [1.165, 1.54) is 0 Å². The lowest BCUT2D eigenvalue weighted by molar-refractivity contribution is 1.05. The zero-order chi connectivity index (χ0) is 11.5. The third-order valence-corrected chi connectivity index (χ3v) is 3.15. The third-order valence-electron chi connectivity index (χ3n) is 2.23. The van der Waals surface area contributed by atoms with Crippen molar-refractivity contribution in [2.75, 3.05) is 0 Å². The molecule has 1 aromatic carbocycles. The minimum atomic E-state index is 0.749. The zero-order valence-electron chi connectivity index (χ0n) is 8.74. The largest absolute Gasteiger partial charge is 0.236 e. The van der Waals surface area contributed by atoms with Crippen LogP contribution in [0.2, 0.25) is 0 Å². The Hall–Kier alpha value is -0.740. The van der Waals surface area contributed by atoms with Crippen LogP contribution in [-0.4, -0.2) is 9.97 Å². The van der Waals surface area contributed by atoms with Gasteiger partial charge in [0.15, 0.2) is 5.82 Å². The van der Waals surface area contributed by atoms with E-state index in [0.29, 0.717) is 0 Å². The van der Waals surface area contributed by atoms with Gasteiger partial charge in [-0.2, -0.15) is 0 Å². The molecular formula is C12H10Br2N2. The van der Waals surface area contributed by atoms with Gasteiger partial charge in [0.05, 0.1) is 0 Å². The van der Waals surface area contributed by atoms with Gasteiger partial charge in [0.1, 0.15) is 0 Å². The molecule has 0 unspecified atom stereocenters. The number of aryl methyl sites for hydroxylation is 1. The fourth-order valence-corrected chi connectivity index (χ4v) is 2.66. The van der Waals surface area contributed by atoms with E-state index in [-0.39, 0.29) is 0 Å². The smallest absolute Gasteiger partial charge is 0.159 e. The normalized spacial score (nSPS) is 10.4. The second kappa shape index (κ2) is 5.06. The van der Waals surface area contributed by atoms with Crippen molar-refractivity contribution in [3.05, 3.63) is 45.1 Å². The second-order valence-corrected chi connectivity index (χ2v) is 5.26. The summed E-state index contributed by atoms with van der Waals surface area (Å²) in [5.41, 5.74) is 2.15. The summed E-state index contributed by atoms with van der Waals surface area (Å²) >= 11 is 6.91. The molecule has 0 fully saturated rings. The molecule has 2 nitrogen and oxygen atoms in total. The highest BCUT2D eigenvalue weighted by molar-refractivity contribution is 9.11. The Bertz CT molecular complexity index is 475. The van der Waals surface area contributed by atoms with Gasteiger partial charge in [-0.05, 0) is 30.2 Å². The van der Waals surface area contributed by atoms with Crippen LogP contribution in [0.25, 0.3) is 11.4 Å². The molecule has 82 valence electrons. The van der Waals surface area contributed by atoms with Gasteiger partial charge < -0.3 is 0 Å². The first-order valence-corrected chi connectivity index (χ1v) is 6.55. The fourth-order valence-electron chi connectivity index (χ4n) is 1.37. The van der Waals surface area contributed by atoms with E-state index in [1.54, 1.807) is 0 Å². The van der Waals surface area contributed by atoms with E-state index in [1.807, 2.05) is 30.6 Å². The van der Waals surface area contributed by atoms with E-state index in [9.17, 15) is 0 Å². The maximum atomic E-state index is 4.35. The summed E-state index contributed by atoms with van der Waals surface area (Å²) in [6.07, 6.45) is 4.71. The molecule has 2 rings (SSSR count). The molecule has 2 aromatic rings. The Kier molecular flexibility index (Phi) is 3.71. The summed E-state index contributed by atoms with van der Waals surface area (Å²) in [4.78, 5) is 8.70. The van der Waals surface area contributed by atoms with Crippen LogP contribution in [0.5, 0.6) is 0 Å². The maximum absolute atomic E-state index is 4.35. The average Bonchev–Trinajstić information content (AvgIpc) is 2.28. The van der Waals surface area contributed by atoms with Crippen molar-refractivity contribution in [3.8, 4) is 11.4 Å². The molecule has 1 aromatic heterocycles. The van der Waals surface area contributed by atoms with Crippen molar-refractivity contribution >= 4 is 31.9 Å². The standard InChI is InChI=1S/C12H10Br2N2/c1-2-8-6-15-12(16-7-8)9-3-10(13)5-11(14)4-9/h3-7H,2H2,1H3. The van der Waals surface area contributed by atoms with Crippen molar-refractivity contribution in [1.82, 2.24) is 9.97 Å². The van der Waals surface area contributed by atoms with Crippen molar-refractivity contribution in [2.45, 2.75) is 13.3 Å². The van der Waals surface area contributed by atoms with Gasteiger partial charge in [-0.3, -0.25) is 0 Å². The lowest BCUT2D eigenvalue weighted by Gasteiger charge is -2.03.